The van der Waals surface area contributed by atoms with Crippen LogP contribution >= 0.6 is 11.3 Å². The summed E-state index contributed by atoms with van der Waals surface area (Å²) >= 11 is 1.29. The second kappa shape index (κ2) is 8.04. The molecule has 3 heterocycles. The fraction of sp³-hybridized carbons (Fsp3) is 0.227. The number of primary amides is 1. The van der Waals surface area contributed by atoms with Crippen LogP contribution in [0.1, 0.15) is 41.6 Å². The number of aromatic amines is 1. The average molecular weight is 449 g/mol. The highest BCUT2D eigenvalue weighted by molar-refractivity contribution is 7.14. The van der Waals surface area contributed by atoms with Gasteiger partial charge in [-0.1, -0.05) is 12.1 Å². The van der Waals surface area contributed by atoms with E-state index < -0.39 is 5.91 Å². The van der Waals surface area contributed by atoms with E-state index in [1.165, 1.54) is 11.3 Å². The Labute approximate surface area is 186 Å². The number of nitrogens with zero attached hydrogens (tertiary/aromatic N) is 3. The Bertz CT molecular complexity index is 1400. The molecule has 2 amide bonds. The summed E-state index contributed by atoms with van der Waals surface area (Å²) in [4.78, 5) is 48.6. The molecule has 0 spiro atoms. The maximum Gasteiger partial charge on any atom is 0.265 e. The minimum absolute atomic E-state index is 0.0418. The summed E-state index contributed by atoms with van der Waals surface area (Å²) < 4.78 is 1.75. The lowest BCUT2D eigenvalue weighted by Gasteiger charge is -2.12. The number of aryl methyl sites for hydroxylation is 1. The first kappa shape index (κ1) is 20.1. The summed E-state index contributed by atoms with van der Waals surface area (Å²) in [5.41, 5.74) is 7.51. The van der Waals surface area contributed by atoms with E-state index in [2.05, 4.69) is 20.3 Å². The number of amides is 2. The molecule has 5 rings (SSSR count). The molecule has 0 atom stereocenters. The topological polar surface area (TPSA) is 136 Å². The van der Waals surface area contributed by atoms with Crippen molar-refractivity contribution in [3.05, 3.63) is 63.8 Å². The van der Waals surface area contributed by atoms with Gasteiger partial charge in [0.2, 0.25) is 5.91 Å². The molecule has 4 aromatic rings. The van der Waals surface area contributed by atoms with Gasteiger partial charge in [-0.05, 0) is 31.0 Å². The van der Waals surface area contributed by atoms with Crippen molar-refractivity contribution < 1.29 is 9.59 Å². The number of nitrogens with two attached hydrogens (primary N) is 1. The highest BCUT2D eigenvalue weighted by Crippen LogP contribution is 2.35. The van der Waals surface area contributed by atoms with Crippen LogP contribution in [0, 0.1) is 0 Å². The van der Waals surface area contributed by atoms with Gasteiger partial charge in [0, 0.05) is 36.0 Å². The van der Waals surface area contributed by atoms with Crippen LogP contribution < -0.4 is 16.6 Å². The second-order valence-electron chi connectivity index (χ2n) is 7.70. The zero-order chi connectivity index (χ0) is 22.2. The third-order valence-corrected chi connectivity index (χ3v) is 6.12. The number of hydrogen-bond donors (Lipinski definition) is 3. The average Bonchev–Trinajstić information content (AvgIpc) is 3.29. The molecular formula is C22H20N6O3S. The van der Waals surface area contributed by atoms with Crippen molar-refractivity contribution in [1.82, 2.24) is 19.5 Å². The molecule has 10 heteroatoms. The van der Waals surface area contributed by atoms with Crippen LogP contribution in [0.2, 0.25) is 0 Å². The summed E-state index contributed by atoms with van der Waals surface area (Å²) in [7, 11) is 0. The van der Waals surface area contributed by atoms with E-state index in [-0.39, 0.29) is 23.9 Å². The van der Waals surface area contributed by atoms with Crippen molar-refractivity contribution in [3.8, 4) is 11.3 Å². The minimum atomic E-state index is -0.549. The van der Waals surface area contributed by atoms with Crippen LogP contribution in [0.15, 0.2) is 46.7 Å². The largest absolute Gasteiger partial charge is 0.364 e. The molecule has 162 valence electrons. The SMILES string of the molecule is NC(=O)c1cc(-c2csc(NC(=O)CCc3nc4ccccc4c(=O)n3C3CC3)n2)c[nH]1. The summed E-state index contributed by atoms with van der Waals surface area (Å²) in [5, 5.41) is 5.65. The highest BCUT2D eigenvalue weighted by atomic mass is 32.1. The van der Waals surface area contributed by atoms with Gasteiger partial charge in [-0.3, -0.25) is 19.0 Å². The van der Waals surface area contributed by atoms with Crippen LogP contribution in [-0.4, -0.2) is 31.3 Å². The standard InChI is InChI=1S/C22H20N6O3S/c23-20(30)16-9-12(10-24-16)17-11-32-22(26-17)27-19(29)8-7-18-25-15-4-2-1-3-14(15)21(31)28(18)13-5-6-13/h1-4,9-11,13,24H,5-8H2,(H2,23,30)(H,26,27,29). The van der Waals surface area contributed by atoms with E-state index in [1.54, 1.807) is 28.3 Å². The number of hydrogen-bond acceptors (Lipinski definition) is 6. The lowest BCUT2D eigenvalue weighted by molar-refractivity contribution is -0.116. The zero-order valence-electron chi connectivity index (χ0n) is 17.0. The van der Waals surface area contributed by atoms with Gasteiger partial charge < -0.3 is 16.0 Å². The molecule has 1 saturated carbocycles. The quantitative estimate of drug-likeness (QED) is 0.399. The maximum atomic E-state index is 12.9. The molecule has 1 fully saturated rings. The second-order valence-corrected chi connectivity index (χ2v) is 8.56. The number of para-hydroxylation sites is 1. The molecule has 1 aromatic carbocycles. The number of carbonyl (C=O) groups excluding carboxylic acids is 2. The Morgan fingerprint density at radius 1 is 1.25 bits per heavy atom. The summed E-state index contributed by atoms with van der Waals surface area (Å²) in [6.45, 7) is 0. The minimum Gasteiger partial charge on any atom is -0.364 e. The molecule has 1 aliphatic carbocycles. The number of H-pyrrole nitrogens is 1. The van der Waals surface area contributed by atoms with Crippen LogP contribution in [0.4, 0.5) is 5.13 Å². The molecule has 32 heavy (non-hydrogen) atoms. The first-order chi connectivity index (χ1) is 15.5. The van der Waals surface area contributed by atoms with Crippen LogP contribution in [0.5, 0.6) is 0 Å². The number of anilines is 1. The van der Waals surface area contributed by atoms with Gasteiger partial charge in [0.25, 0.3) is 11.5 Å². The Balaban J connectivity index is 1.29. The molecular weight excluding hydrogens is 428 g/mol. The molecule has 4 N–H and O–H groups in total. The normalized spacial score (nSPS) is 13.4. The summed E-state index contributed by atoms with van der Waals surface area (Å²) in [5.74, 6) is -0.119. The Kier molecular flexibility index (Phi) is 5.06. The Morgan fingerprint density at radius 3 is 2.81 bits per heavy atom. The molecule has 1 aliphatic rings. The summed E-state index contributed by atoms with van der Waals surface area (Å²) in [6.07, 6.45) is 4.10. The monoisotopic (exact) mass is 448 g/mol. The van der Waals surface area contributed by atoms with Gasteiger partial charge in [-0.2, -0.15) is 0 Å². The van der Waals surface area contributed by atoms with Gasteiger partial charge >= 0.3 is 0 Å². The van der Waals surface area contributed by atoms with E-state index in [9.17, 15) is 14.4 Å². The van der Waals surface area contributed by atoms with Gasteiger partial charge in [0.1, 0.15) is 11.5 Å². The summed E-state index contributed by atoms with van der Waals surface area (Å²) in [6, 6.07) is 9.08. The lowest BCUT2D eigenvalue weighted by atomic mass is 10.2. The van der Waals surface area contributed by atoms with Crippen LogP contribution in [0.3, 0.4) is 0 Å². The van der Waals surface area contributed by atoms with Crippen molar-refractivity contribution in [2.45, 2.75) is 31.7 Å². The Hall–Kier alpha value is -3.79. The lowest BCUT2D eigenvalue weighted by Crippen LogP contribution is -2.25. The van der Waals surface area contributed by atoms with Crippen molar-refractivity contribution >= 4 is 39.2 Å². The number of thiazole rings is 1. The number of aromatic nitrogens is 4. The van der Waals surface area contributed by atoms with E-state index in [1.807, 2.05) is 18.2 Å². The van der Waals surface area contributed by atoms with Crippen molar-refractivity contribution in [2.24, 2.45) is 5.73 Å². The molecule has 0 bridgehead atoms. The van der Waals surface area contributed by atoms with Gasteiger partial charge in [0.05, 0.1) is 16.6 Å². The Morgan fingerprint density at radius 2 is 2.06 bits per heavy atom. The van der Waals surface area contributed by atoms with Crippen molar-refractivity contribution in [2.75, 3.05) is 5.32 Å². The van der Waals surface area contributed by atoms with Crippen LogP contribution in [-0.2, 0) is 11.2 Å². The molecule has 0 radical (unpaired) electrons. The van der Waals surface area contributed by atoms with Crippen molar-refractivity contribution in [3.63, 3.8) is 0 Å². The van der Waals surface area contributed by atoms with Gasteiger partial charge in [0.15, 0.2) is 5.13 Å². The molecule has 9 nitrogen and oxygen atoms in total. The number of carbonyl (C=O) groups is 2. The van der Waals surface area contributed by atoms with E-state index in [0.29, 0.717) is 45.2 Å². The predicted molar refractivity (Wildman–Crippen MR) is 122 cm³/mol. The van der Waals surface area contributed by atoms with Gasteiger partial charge in [-0.15, -0.1) is 11.3 Å². The number of fused-ring (bicyclic) bond motifs is 1. The third-order valence-electron chi connectivity index (χ3n) is 5.36. The molecule has 0 unspecified atom stereocenters. The molecule has 0 saturated heterocycles. The van der Waals surface area contributed by atoms with Gasteiger partial charge in [-0.25, -0.2) is 9.97 Å². The predicted octanol–water partition coefficient (Wildman–Crippen LogP) is 2.85. The number of nitrogens with one attached hydrogen (secondary N) is 2. The van der Waals surface area contributed by atoms with E-state index in [0.717, 1.165) is 12.8 Å². The highest BCUT2D eigenvalue weighted by Gasteiger charge is 2.28. The first-order valence-corrected chi connectivity index (χ1v) is 11.1. The smallest absolute Gasteiger partial charge is 0.265 e. The first-order valence-electron chi connectivity index (χ1n) is 10.2. The van der Waals surface area contributed by atoms with Crippen LogP contribution in [0.25, 0.3) is 22.2 Å². The fourth-order valence-electron chi connectivity index (χ4n) is 3.63. The maximum absolute atomic E-state index is 12.9. The zero-order valence-corrected chi connectivity index (χ0v) is 17.8. The van der Waals surface area contributed by atoms with E-state index >= 15 is 0 Å². The third kappa shape index (κ3) is 3.92. The van der Waals surface area contributed by atoms with Crippen molar-refractivity contribution in [1.29, 1.82) is 0 Å². The fourth-order valence-corrected chi connectivity index (χ4v) is 4.37. The number of rotatable bonds is 7. The van der Waals surface area contributed by atoms with E-state index in [4.69, 9.17) is 5.73 Å². The molecule has 0 aliphatic heterocycles. The molecule has 3 aromatic heterocycles. The number of benzene rings is 1.